The van der Waals surface area contributed by atoms with Crippen LogP contribution in [0.25, 0.3) is 11.3 Å². The highest BCUT2D eigenvalue weighted by Gasteiger charge is 2.20. The van der Waals surface area contributed by atoms with Crippen molar-refractivity contribution in [3.63, 3.8) is 0 Å². The van der Waals surface area contributed by atoms with Gasteiger partial charge in [-0.25, -0.2) is 4.98 Å². The molecule has 1 aromatic carbocycles. The molecule has 2 aromatic heterocycles. The molecule has 2 heterocycles. The number of nitrogens with zero attached hydrogens (tertiary/aromatic N) is 4. The van der Waals surface area contributed by atoms with Crippen molar-refractivity contribution in [1.82, 2.24) is 14.7 Å². The first-order chi connectivity index (χ1) is 13.6. The number of benzene rings is 1. The number of rotatable bonds is 4. The Bertz CT molecular complexity index is 1140. The molecule has 0 aliphatic heterocycles. The van der Waals surface area contributed by atoms with Crippen molar-refractivity contribution in [3.8, 4) is 23.1 Å². The molecule has 7 nitrogen and oxygen atoms in total. The zero-order valence-corrected chi connectivity index (χ0v) is 15.6. The first-order valence-electron chi connectivity index (χ1n) is 9.40. The monoisotopic (exact) mass is 376 g/mol. The molecule has 1 N–H and O–H groups in total. The van der Waals surface area contributed by atoms with Crippen LogP contribution in [0, 0.1) is 11.3 Å². The van der Waals surface area contributed by atoms with Gasteiger partial charge in [-0.05, 0) is 43.9 Å². The zero-order chi connectivity index (χ0) is 19.7. The number of hydrogen-bond donors (Lipinski definition) is 1. The predicted molar refractivity (Wildman–Crippen MR) is 102 cm³/mol. The number of aromatic hydroxyl groups is 1. The lowest BCUT2D eigenvalue weighted by atomic mass is 9.97. The highest BCUT2D eigenvalue weighted by Crippen LogP contribution is 2.26. The van der Waals surface area contributed by atoms with Gasteiger partial charge in [0.1, 0.15) is 17.3 Å². The standard InChI is InChI=1S/C21H20N4O3/c1-2-20-23-18-6-4-3-5-17(18)21(27)25(20)12-15-10-19(28-24-15)14-7-13(11-22)8-16(26)9-14/h7-10,26H,2-6,12H2,1H3. The predicted octanol–water partition coefficient (Wildman–Crippen LogP) is 2.97. The van der Waals surface area contributed by atoms with Crippen molar-refractivity contribution in [3.05, 3.63) is 63.0 Å². The second-order valence-electron chi connectivity index (χ2n) is 6.97. The SMILES string of the molecule is CCc1nc2c(c(=O)n1Cc1cc(-c3cc(O)cc(C#N)c3)on1)CCCC2. The van der Waals surface area contributed by atoms with E-state index >= 15 is 0 Å². The second-order valence-corrected chi connectivity index (χ2v) is 6.97. The molecule has 0 amide bonds. The van der Waals surface area contributed by atoms with Gasteiger partial charge in [0.2, 0.25) is 0 Å². The van der Waals surface area contributed by atoms with Gasteiger partial charge >= 0.3 is 0 Å². The summed E-state index contributed by atoms with van der Waals surface area (Å²) in [6.45, 7) is 2.26. The number of nitriles is 1. The van der Waals surface area contributed by atoms with Crippen LogP contribution in [0.3, 0.4) is 0 Å². The minimum absolute atomic E-state index is 0.00947. The molecule has 0 fully saturated rings. The lowest BCUT2D eigenvalue weighted by Crippen LogP contribution is -2.32. The van der Waals surface area contributed by atoms with E-state index in [4.69, 9.17) is 14.8 Å². The molecule has 0 spiro atoms. The lowest BCUT2D eigenvalue weighted by Gasteiger charge is -2.18. The minimum atomic E-state index is -0.0182. The summed E-state index contributed by atoms with van der Waals surface area (Å²) in [4.78, 5) is 17.7. The van der Waals surface area contributed by atoms with Crippen molar-refractivity contribution < 1.29 is 9.63 Å². The molecule has 0 unspecified atom stereocenters. The van der Waals surface area contributed by atoms with Gasteiger partial charge in [0.25, 0.3) is 5.56 Å². The van der Waals surface area contributed by atoms with E-state index in [-0.39, 0.29) is 17.9 Å². The summed E-state index contributed by atoms with van der Waals surface area (Å²) < 4.78 is 7.07. The van der Waals surface area contributed by atoms with E-state index in [1.54, 1.807) is 16.7 Å². The van der Waals surface area contributed by atoms with Gasteiger partial charge in [0, 0.05) is 23.6 Å². The third-order valence-electron chi connectivity index (χ3n) is 5.04. The quantitative estimate of drug-likeness (QED) is 0.750. The summed E-state index contributed by atoms with van der Waals surface area (Å²) in [5.74, 6) is 1.16. The maximum Gasteiger partial charge on any atom is 0.257 e. The Balaban J connectivity index is 1.69. The van der Waals surface area contributed by atoms with Gasteiger partial charge < -0.3 is 9.63 Å². The fourth-order valence-corrected chi connectivity index (χ4v) is 3.67. The van der Waals surface area contributed by atoms with E-state index in [1.807, 2.05) is 13.0 Å². The largest absolute Gasteiger partial charge is 0.508 e. The Kier molecular flexibility index (Phi) is 4.70. The molecule has 0 bridgehead atoms. The average Bonchev–Trinajstić information content (AvgIpc) is 3.18. The van der Waals surface area contributed by atoms with Crippen LogP contribution in [0.5, 0.6) is 5.75 Å². The Morgan fingerprint density at radius 1 is 1.25 bits per heavy atom. The van der Waals surface area contributed by atoms with Gasteiger partial charge in [0.15, 0.2) is 5.76 Å². The highest BCUT2D eigenvalue weighted by molar-refractivity contribution is 5.62. The van der Waals surface area contributed by atoms with Crippen molar-refractivity contribution in [2.24, 2.45) is 0 Å². The molecule has 3 aromatic rings. The van der Waals surface area contributed by atoms with E-state index in [2.05, 4.69) is 5.16 Å². The number of phenolic OH excluding ortho intramolecular Hbond substituents is 1. The van der Waals surface area contributed by atoms with Crippen molar-refractivity contribution in [1.29, 1.82) is 5.26 Å². The molecule has 0 saturated carbocycles. The molecule has 0 radical (unpaired) electrons. The van der Waals surface area contributed by atoms with E-state index in [0.717, 1.165) is 42.8 Å². The Morgan fingerprint density at radius 2 is 2.07 bits per heavy atom. The number of aryl methyl sites for hydroxylation is 2. The smallest absolute Gasteiger partial charge is 0.257 e. The first-order valence-corrected chi connectivity index (χ1v) is 9.40. The summed E-state index contributed by atoms with van der Waals surface area (Å²) in [6.07, 6.45) is 4.39. The molecule has 1 aliphatic rings. The van der Waals surface area contributed by atoms with Crippen LogP contribution in [0.15, 0.2) is 33.6 Å². The molecule has 4 rings (SSSR count). The summed E-state index contributed by atoms with van der Waals surface area (Å²) in [5.41, 5.74) is 3.24. The van der Waals surface area contributed by atoms with Crippen LogP contribution < -0.4 is 5.56 Å². The van der Waals surface area contributed by atoms with Crippen molar-refractivity contribution in [2.45, 2.75) is 45.6 Å². The lowest BCUT2D eigenvalue weighted by molar-refractivity contribution is 0.419. The molecule has 7 heteroatoms. The molecular formula is C21H20N4O3. The third kappa shape index (κ3) is 3.29. The van der Waals surface area contributed by atoms with Gasteiger partial charge in [0.05, 0.1) is 23.9 Å². The van der Waals surface area contributed by atoms with E-state index in [9.17, 15) is 9.90 Å². The Hall–Kier alpha value is -3.40. The van der Waals surface area contributed by atoms with Crippen LogP contribution in [-0.4, -0.2) is 19.8 Å². The highest BCUT2D eigenvalue weighted by atomic mass is 16.5. The van der Waals surface area contributed by atoms with Gasteiger partial charge in [-0.15, -0.1) is 0 Å². The van der Waals surface area contributed by atoms with Crippen molar-refractivity contribution >= 4 is 0 Å². The molecule has 1 aliphatic carbocycles. The van der Waals surface area contributed by atoms with E-state index in [0.29, 0.717) is 29.0 Å². The van der Waals surface area contributed by atoms with Crippen LogP contribution in [0.4, 0.5) is 0 Å². The molecule has 28 heavy (non-hydrogen) atoms. The van der Waals surface area contributed by atoms with Crippen LogP contribution >= 0.6 is 0 Å². The summed E-state index contributed by atoms with van der Waals surface area (Å²) >= 11 is 0. The average molecular weight is 376 g/mol. The maximum absolute atomic E-state index is 13.0. The van der Waals surface area contributed by atoms with Crippen LogP contribution in [0.2, 0.25) is 0 Å². The van der Waals surface area contributed by atoms with Crippen LogP contribution in [0.1, 0.15) is 48.1 Å². The minimum Gasteiger partial charge on any atom is -0.508 e. The zero-order valence-electron chi connectivity index (χ0n) is 15.6. The normalized spacial score (nSPS) is 13.1. The molecular weight excluding hydrogens is 356 g/mol. The van der Waals surface area contributed by atoms with Gasteiger partial charge in [-0.3, -0.25) is 9.36 Å². The summed E-state index contributed by atoms with van der Waals surface area (Å²) in [7, 11) is 0. The third-order valence-corrected chi connectivity index (χ3v) is 5.04. The summed E-state index contributed by atoms with van der Waals surface area (Å²) in [5, 5.41) is 22.9. The van der Waals surface area contributed by atoms with Crippen molar-refractivity contribution in [2.75, 3.05) is 0 Å². The second kappa shape index (κ2) is 7.31. The Morgan fingerprint density at radius 3 is 2.86 bits per heavy atom. The molecule has 142 valence electrons. The number of phenols is 1. The maximum atomic E-state index is 13.0. The fraction of sp³-hybridized carbons (Fsp3) is 0.333. The number of hydrogen-bond acceptors (Lipinski definition) is 6. The molecule has 0 atom stereocenters. The van der Waals surface area contributed by atoms with Crippen LogP contribution in [-0.2, 0) is 25.8 Å². The number of aromatic nitrogens is 3. The fourth-order valence-electron chi connectivity index (χ4n) is 3.67. The van der Waals surface area contributed by atoms with Gasteiger partial charge in [-0.2, -0.15) is 5.26 Å². The van der Waals surface area contributed by atoms with E-state index < -0.39 is 0 Å². The van der Waals surface area contributed by atoms with Gasteiger partial charge in [-0.1, -0.05) is 12.1 Å². The Labute approximate surface area is 161 Å². The molecule has 0 saturated heterocycles. The first kappa shape index (κ1) is 18.0. The summed E-state index contributed by atoms with van der Waals surface area (Å²) in [6, 6.07) is 8.23. The topological polar surface area (TPSA) is 105 Å². The van der Waals surface area contributed by atoms with E-state index in [1.165, 1.54) is 12.1 Å². The number of fused-ring (bicyclic) bond motifs is 1.